The van der Waals surface area contributed by atoms with E-state index in [1.54, 1.807) is 4.68 Å². The number of nitrogens with two attached hydrogens (primary N) is 1. The molecule has 13 heavy (non-hydrogen) atoms. The first-order valence-electron chi connectivity index (χ1n) is 4.41. The second-order valence-electron chi connectivity index (χ2n) is 3.34. The molecule has 0 amide bonds. The molecule has 0 spiro atoms. The third kappa shape index (κ3) is 1.58. The van der Waals surface area contributed by atoms with Crippen LogP contribution in [0, 0.1) is 0 Å². The molecule has 0 aliphatic carbocycles. The molecule has 4 nitrogen and oxygen atoms in total. The fraction of sp³-hybridized carbons (Fsp3) is 0.444. The first-order valence-corrected chi connectivity index (χ1v) is 4.41. The van der Waals surface area contributed by atoms with Crippen molar-refractivity contribution < 1.29 is 0 Å². The van der Waals surface area contributed by atoms with Crippen molar-refractivity contribution in [1.29, 1.82) is 0 Å². The smallest absolute Gasteiger partial charge is 0.125 e. The standard InChI is InChI=1S/C9H14N4/c1-12-9(10)8(6-11-12)7-13-4-2-3-5-13/h2-3,6H,4-5,7,10H2,1H3. The summed E-state index contributed by atoms with van der Waals surface area (Å²) in [6.45, 7) is 2.94. The summed E-state index contributed by atoms with van der Waals surface area (Å²) in [5.74, 6) is 0.770. The summed E-state index contributed by atoms with van der Waals surface area (Å²) in [7, 11) is 1.86. The molecule has 0 fully saturated rings. The lowest BCUT2D eigenvalue weighted by Crippen LogP contribution is -2.19. The number of hydrogen-bond acceptors (Lipinski definition) is 3. The minimum absolute atomic E-state index is 0.770. The Morgan fingerprint density at radius 1 is 1.46 bits per heavy atom. The molecule has 1 aliphatic heterocycles. The minimum Gasteiger partial charge on any atom is -0.384 e. The number of hydrogen-bond donors (Lipinski definition) is 1. The number of nitrogens with zero attached hydrogens (tertiary/aromatic N) is 3. The molecular weight excluding hydrogens is 164 g/mol. The Hall–Kier alpha value is -1.29. The molecule has 2 heterocycles. The van der Waals surface area contributed by atoms with E-state index >= 15 is 0 Å². The van der Waals surface area contributed by atoms with Crippen molar-refractivity contribution in [3.05, 3.63) is 23.9 Å². The van der Waals surface area contributed by atoms with E-state index in [0.717, 1.165) is 31.0 Å². The second kappa shape index (κ2) is 3.22. The average molecular weight is 178 g/mol. The van der Waals surface area contributed by atoms with Crippen LogP contribution in [0.3, 0.4) is 0 Å². The highest BCUT2D eigenvalue weighted by Crippen LogP contribution is 2.13. The largest absolute Gasteiger partial charge is 0.384 e. The van der Waals surface area contributed by atoms with Crippen LogP contribution >= 0.6 is 0 Å². The van der Waals surface area contributed by atoms with Crippen molar-refractivity contribution in [3.63, 3.8) is 0 Å². The van der Waals surface area contributed by atoms with E-state index in [2.05, 4.69) is 22.2 Å². The van der Waals surface area contributed by atoms with Crippen molar-refractivity contribution in [2.45, 2.75) is 6.54 Å². The third-order valence-electron chi connectivity index (χ3n) is 2.35. The Balaban J connectivity index is 2.05. The molecule has 1 aromatic heterocycles. The summed E-state index contributed by atoms with van der Waals surface area (Å²) in [5, 5.41) is 4.10. The molecule has 0 bridgehead atoms. The Kier molecular flexibility index (Phi) is 2.06. The zero-order chi connectivity index (χ0) is 9.26. The number of anilines is 1. The Bertz CT molecular complexity index is 318. The van der Waals surface area contributed by atoms with Gasteiger partial charge in [-0.05, 0) is 0 Å². The van der Waals surface area contributed by atoms with Gasteiger partial charge in [0, 0.05) is 32.2 Å². The topological polar surface area (TPSA) is 47.1 Å². The van der Waals surface area contributed by atoms with Crippen LogP contribution in [0.25, 0.3) is 0 Å². The molecule has 0 saturated heterocycles. The molecule has 1 aliphatic rings. The van der Waals surface area contributed by atoms with Gasteiger partial charge in [0.2, 0.25) is 0 Å². The number of aryl methyl sites for hydroxylation is 1. The quantitative estimate of drug-likeness (QED) is 0.666. The Labute approximate surface area is 77.6 Å². The van der Waals surface area contributed by atoms with Crippen LogP contribution in [0.15, 0.2) is 18.3 Å². The van der Waals surface area contributed by atoms with Gasteiger partial charge < -0.3 is 5.73 Å². The van der Waals surface area contributed by atoms with E-state index in [1.807, 2.05) is 13.2 Å². The SMILES string of the molecule is Cn1ncc(CN2CC=CC2)c1N. The molecule has 0 unspecified atom stereocenters. The van der Waals surface area contributed by atoms with Gasteiger partial charge in [-0.15, -0.1) is 0 Å². The van der Waals surface area contributed by atoms with Crippen LogP contribution in [0.4, 0.5) is 5.82 Å². The number of rotatable bonds is 2. The van der Waals surface area contributed by atoms with E-state index in [1.165, 1.54) is 0 Å². The maximum atomic E-state index is 5.83. The maximum absolute atomic E-state index is 5.83. The molecule has 1 aromatic rings. The summed E-state index contributed by atoms with van der Waals surface area (Å²) < 4.78 is 1.71. The Morgan fingerprint density at radius 3 is 2.69 bits per heavy atom. The van der Waals surface area contributed by atoms with Gasteiger partial charge in [0.1, 0.15) is 5.82 Å². The lowest BCUT2D eigenvalue weighted by atomic mass is 10.3. The van der Waals surface area contributed by atoms with Gasteiger partial charge in [0.05, 0.1) is 6.20 Å². The molecule has 0 saturated carbocycles. The molecule has 70 valence electrons. The molecule has 0 atom stereocenters. The van der Waals surface area contributed by atoms with Crippen LogP contribution in [-0.2, 0) is 13.6 Å². The highest BCUT2D eigenvalue weighted by Gasteiger charge is 2.11. The van der Waals surface area contributed by atoms with Gasteiger partial charge in [-0.1, -0.05) is 12.2 Å². The Morgan fingerprint density at radius 2 is 2.15 bits per heavy atom. The molecular formula is C9H14N4. The van der Waals surface area contributed by atoms with E-state index in [0.29, 0.717) is 0 Å². The summed E-state index contributed by atoms with van der Waals surface area (Å²) in [5.41, 5.74) is 6.95. The second-order valence-corrected chi connectivity index (χ2v) is 3.34. The van der Waals surface area contributed by atoms with Gasteiger partial charge in [-0.2, -0.15) is 5.10 Å². The van der Waals surface area contributed by atoms with Crippen molar-refractivity contribution in [1.82, 2.24) is 14.7 Å². The van der Waals surface area contributed by atoms with Crippen LogP contribution in [0.1, 0.15) is 5.56 Å². The predicted molar refractivity (Wildman–Crippen MR) is 52.0 cm³/mol. The summed E-state index contributed by atoms with van der Waals surface area (Å²) in [6.07, 6.45) is 6.19. The lowest BCUT2D eigenvalue weighted by Gasteiger charge is -2.13. The van der Waals surface area contributed by atoms with Crippen LogP contribution in [0.2, 0.25) is 0 Å². The number of aromatic nitrogens is 2. The van der Waals surface area contributed by atoms with Crippen LogP contribution in [-0.4, -0.2) is 27.8 Å². The van der Waals surface area contributed by atoms with Crippen molar-refractivity contribution >= 4 is 5.82 Å². The minimum atomic E-state index is 0.770. The normalized spacial score (nSPS) is 17.0. The molecule has 2 rings (SSSR count). The molecule has 2 N–H and O–H groups in total. The highest BCUT2D eigenvalue weighted by atomic mass is 15.3. The van der Waals surface area contributed by atoms with Crippen molar-refractivity contribution in [2.24, 2.45) is 7.05 Å². The van der Waals surface area contributed by atoms with Crippen LogP contribution in [0.5, 0.6) is 0 Å². The van der Waals surface area contributed by atoms with E-state index in [-0.39, 0.29) is 0 Å². The fourth-order valence-electron chi connectivity index (χ4n) is 1.51. The molecule has 0 radical (unpaired) electrons. The average Bonchev–Trinajstić information content (AvgIpc) is 2.71. The van der Waals surface area contributed by atoms with Gasteiger partial charge in [0.25, 0.3) is 0 Å². The number of nitrogen functional groups attached to an aromatic ring is 1. The van der Waals surface area contributed by atoms with Gasteiger partial charge >= 0.3 is 0 Å². The van der Waals surface area contributed by atoms with E-state index in [4.69, 9.17) is 5.73 Å². The van der Waals surface area contributed by atoms with Crippen molar-refractivity contribution in [2.75, 3.05) is 18.8 Å². The van der Waals surface area contributed by atoms with Crippen LogP contribution < -0.4 is 5.73 Å². The highest BCUT2D eigenvalue weighted by molar-refractivity contribution is 5.38. The summed E-state index contributed by atoms with van der Waals surface area (Å²) >= 11 is 0. The van der Waals surface area contributed by atoms with Crippen molar-refractivity contribution in [3.8, 4) is 0 Å². The third-order valence-corrected chi connectivity index (χ3v) is 2.35. The first kappa shape index (κ1) is 8.31. The molecule has 0 aromatic carbocycles. The van der Waals surface area contributed by atoms with E-state index in [9.17, 15) is 0 Å². The fourth-order valence-corrected chi connectivity index (χ4v) is 1.51. The lowest BCUT2D eigenvalue weighted by molar-refractivity contribution is 0.346. The molecule has 4 heteroatoms. The zero-order valence-corrected chi connectivity index (χ0v) is 7.77. The summed E-state index contributed by atoms with van der Waals surface area (Å²) in [6, 6.07) is 0. The summed E-state index contributed by atoms with van der Waals surface area (Å²) in [4.78, 5) is 2.31. The maximum Gasteiger partial charge on any atom is 0.125 e. The monoisotopic (exact) mass is 178 g/mol. The van der Waals surface area contributed by atoms with Gasteiger partial charge in [0.15, 0.2) is 0 Å². The first-order chi connectivity index (χ1) is 6.27. The van der Waals surface area contributed by atoms with E-state index < -0.39 is 0 Å². The predicted octanol–water partition coefficient (Wildman–Crippen LogP) is 0.374. The zero-order valence-electron chi connectivity index (χ0n) is 7.77. The van der Waals surface area contributed by atoms with Gasteiger partial charge in [-0.3, -0.25) is 9.58 Å². The van der Waals surface area contributed by atoms with Gasteiger partial charge in [-0.25, -0.2) is 0 Å².